The van der Waals surface area contributed by atoms with Gasteiger partial charge in [0, 0.05) is 50.9 Å². The van der Waals surface area contributed by atoms with Crippen molar-refractivity contribution < 1.29 is 8.78 Å². The number of fused-ring (bicyclic) bond motifs is 3. The molecule has 4 nitrogen and oxygen atoms in total. The van der Waals surface area contributed by atoms with Crippen LogP contribution in [0.15, 0.2) is 18.2 Å². The summed E-state index contributed by atoms with van der Waals surface area (Å²) in [6.45, 7) is 5.25. The van der Waals surface area contributed by atoms with Gasteiger partial charge in [0.1, 0.15) is 11.6 Å². The molecule has 0 spiro atoms. The van der Waals surface area contributed by atoms with E-state index in [0.717, 1.165) is 38.8 Å². The Morgan fingerprint density at radius 3 is 2.30 bits per heavy atom. The van der Waals surface area contributed by atoms with Crippen LogP contribution in [0.25, 0.3) is 0 Å². The van der Waals surface area contributed by atoms with Crippen LogP contribution in [-0.2, 0) is 6.42 Å². The molecular weight excluding hydrogens is 262 g/mol. The van der Waals surface area contributed by atoms with E-state index in [1.807, 2.05) is 0 Å². The molecule has 4 rings (SSSR count). The summed E-state index contributed by atoms with van der Waals surface area (Å²) < 4.78 is 26.5. The van der Waals surface area contributed by atoms with Gasteiger partial charge in [-0.15, -0.1) is 0 Å². The second-order valence-electron chi connectivity index (χ2n) is 5.66. The Labute approximate surface area is 117 Å². The van der Waals surface area contributed by atoms with E-state index < -0.39 is 11.6 Å². The SMILES string of the molecule is NNC(Cc1cc(F)cc(F)c1)C1CN2CCN1CC2. The molecule has 0 amide bonds. The van der Waals surface area contributed by atoms with Crippen molar-refractivity contribution in [1.82, 2.24) is 15.2 Å². The molecule has 6 heteroatoms. The Bertz CT molecular complexity index is 454. The van der Waals surface area contributed by atoms with E-state index >= 15 is 0 Å². The summed E-state index contributed by atoms with van der Waals surface area (Å²) in [5, 5.41) is 0. The zero-order valence-electron chi connectivity index (χ0n) is 11.4. The Morgan fingerprint density at radius 2 is 1.80 bits per heavy atom. The fourth-order valence-electron chi connectivity index (χ4n) is 3.33. The Morgan fingerprint density at radius 1 is 1.15 bits per heavy atom. The molecule has 0 radical (unpaired) electrons. The maximum Gasteiger partial charge on any atom is 0.126 e. The van der Waals surface area contributed by atoms with E-state index in [0.29, 0.717) is 18.0 Å². The molecule has 3 saturated heterocycles. The molecule has 1 aromatic rings. The van der Waals surface area contributed by atoms with E-state index in [4.69, 9.17) is 5.84 Å². The molecule has 0 aliphatic carbocycles. The highest BCUT2D eigenvalue weighted by atomic mass is 19.1. The molecule has 3 N–H and O–H groups in total. The number of halogens is 2. The molecule has 2 atom stereocenters. The summed E-state index contributed by atoms with van der Waals surface area (Å²) in [6, 6.07) is 3.95. The second kappa shape index (κ2) is 5.73. The molecule has 3 heterocycles. The summed E-state index contributed by atoms with van der Waals surface area (Å²) in [5.41, 5.74) is 3.47. The Hall–Kier alpha value is -1.08. The summed E-state index contributed by atoms with van der Waals surface area (Å²) in [4.78, 5) is 4.83. The maximum atomic E-state index is 13.3. The van der Waals surface area contributed by atoms with Gasteiger partial charge >= 0.3 is 0 Å². The predicted octanol–water partition coefficient (Wildman–Crippen LogP) is 0.339. The van der Waals surface area contributed by atoms with Gasteiger partial charge in [0.15, 0.2) is 0 Å². The zero-order valence-corrected chi connectivity index (χ0v) is 11.4. The first-order valence-electron chi connectivity index (χ1n) is 7.03. The van der Waals surface area contributed by atoms with Gasteiger partial charge in [-0.05, 0) is 24.1 Å². The number of piperazine rings is 3. The number of nitrogens with two attached hydrogens (primary N) is 1. The van der Waals surface area contributed by atoms with Gasteiger partial charge in [-0.2, -0.15) is 0 Å². The van der Waals surface area contributed by atoms with Crippen molar-refractivity contribution in [3.8, 4) is 0 Å². The normalized spacial score (nSPS) is 30.4. The number of hydrogen-bond donors (Lipinski definition) is 2. The van der Waals surface area contributed by atoms with Gasteiger partial charge in [0.25, 0.3) is 0 Å². The fraction of sp³-hybridized carbons (Fsp3) is 0.571. The van der Waals surface area contributed by atoms with Crippen LogP contribution in [-0.4, -0.2) is 54.6 Å². The van der Waals surface area contributed by atoms with Crippen LogP contribution in [0.2, 0.25) is 0 Å². The summed E-state index contributed by atoms with van der Waals surface area (Å²) in [5.74, 6) is 4.60. The molecule has 1 aromatic carbocycles. The molecular formula is C14H20F2N4. The van der Waals surface area contributed by atoms with Crippen molar-refractivity contribution in [3.63, 3.8) is 0 Å². The standard InChI is InChI=1S/C14H20F2N4/c15-11-5-10(6-12(16)8-11)7-13(18-17)14-9-19-1-3-20(14)4-2-19/h5-6,8,13-14,18H,1-4,7,9,17H2. The number of rotatable bonds is 4. The van der Waals surface area contributed by atoms with Crippen LogP contribution in [0.5, 0.6) is 0 Å². The van der Waals surface area contributed by atoms with Crippen molar-refractivity contribution in [3.05, 3.63) is 35.4 Å². The van der Waals surface area contributed by atoms with Crippen LogP contribution in [0, 0.1) is 11.6 Å². The minimum absolute atomic E-state index is 0.000648. The summed E-state index contributed by atoms with van der Waals surface area (Å²) >= 11 is 0. The van der Waals surface area contributed by atoms with E-state index in [1.165, 1.54) is 12.1 Å². The van der Waals surface area contributed by atoms with Crippen LogP contribution in [0.3, 0.4) is 0 Å². The third-order valence-electron chi connectivity index (χ3n) is 4.38. The molecule has 3 fully saturated rings. The number of nitrogens with zero attached hydrogens (tertiary/aromatic N) is 2. The topological polar surface area (TPSA) is 44.5 Å². The van der Waals surface area contributed by atoms with Crippen molar-refractivity contribution in [2.24, 2.45) is 5.84 Å². The molecule has 3 aliphatic heterocycles. The lowest BCUT2D eigenvalue weighted by atomic mass is 9.95. The van der Waals surface area contributed by atoms with Crippen molar-refractivity contribution >= 4 is 0 Å². The van der Waals surface area contributed by atoms with Crippen LogP contribution in [0.4, 0.5) is 8.78 Å². The number of hydrazine groups is 1. The van der Waals surface area contributed by atoms with E-state index in [2.05, 4.69) is 15.2 Å². The van der Waals surface area contributed by atoms with Crippen LogP contribution < -0.4 is 11.3 Å². The molecule has 110 valence electrons. The highest BCUT2D eigenvalue weighted by Gasteiger charge is 2.36. The number of benzene rings is 1. The summed E-state index contributed by atoms with van der Waals surface area (Å²) in [6.07, 6.45) is 0.528. The second-order valence-corrected chi connectivity index (χ2v) is 5.66. The van der Waals surface area contributed by atoms with Gasteiger partial charge in [-0.3, -0.25) is 21.1 Å². The first-order chi connectivity index (χ1) is 9.65. The lowest BCUT2D eigenvalue weighted by molar-refractivity contribution is -0.00316. The van der Waals surface area contributed by atoms with Crippen LogP contribution in [0.1, 0.15) is 5.56 Å². The molecule has 3 aliphatic rings. The van der Waals surface area contributed by atoms with Gasteiger partial charge in [-0.1, -0.05) is 0 Å². The third-order valence-corrected chi connectivity index (χ3v) is 4.38. The number of hydrogen-bond acceptors (Lipinski definition) is 4. The van der Waals surface area contributed by atoms with Crippen LogP contribution >= 0.6 is 0 Å². The largest absolute Gasteiger partial charge is 0.299 e. The minimum Gasteiger partial charge on any atom is -0.299 e. The lowest BCUT2D eigenvalue weighted by Gasteiger charge is -2.50. The average Bonchev–Trinajstić information content (AvgIpc) is 2.45. The highest BCUT2D eigenvalue weighted by molar-refractivity contribution is 5.19. The molecule has 0 aromatic heterocycles. The monoisotopic (exact) mass is 282 g/mol. The third kappa shape index (κ3) is 2.83. The number of nitrogens with one attached hydrogen (secondary N) is 1. The van der Waals surface area contributed by atoms with Gasteiger partial charge in [0.2, 0.25) is 0 Å². The molecule has 2 bridgehead atoms. The first-order valence-corrected chi connectivity index (χ1v) is 7.03. The lowest BCUT2D eigenvalue weighted by Crippen LogP contribution is -2.67. The van der Waals surface area contributed by atoms with Gasteiger partial charge in [-0.25, -0.2) is 8.78 Å². The first kappa shape index (κ1) is 13.9. The van der Waals surface area contributed by atoms with Gasteiger partial charge in [0.05, 0.1) is 0 Å². The highest BCUT2D eigenvalue weighted by Crippen LogP contribution is 2.20. The molecule has 20 heavy (non-hydrogen) atoms. The predicted molar refractivity (Wildman–Crippen MR) is 73.0 cm³/mol. The zero-order chi connectivity index (χ0) is 14.1. The molecule has 0 saturated carbocycles. The Kier molecular flexibility index (Phi) is 3.98. The van der Waals surface area contributed by atoms with E-state index in [9.17, 15) is 8.78 Å². The van der Waals surface area contributed by atoms with Crippen molar-refractivity contribution in [1.29, 1.82) is 0 Å². The smallest absolute Gasteiger partial charge is 0.126 e. The van der Waals surface area contributed by atoms with Crippen molar-refractivity contribution in [2.45, 2.75) is 18.5 Å². The quantitative estimate of drug-likeness (QED) is 0.617. The average molecular weight is 282 g/mol. The molecule has 2 unspecified atom stereocenters. The van der Waals surface area contributed by atoms with Crippen molar-refractivity contribution in [2.75, 3.05) is 32.7 Å². The van der Waals surface area contributed by atoms with E-state index in [1.54, 1.807) is 0 Å². The van der Waals surface area contributed by atoms with Gasteiger partial charge < -0.3 is 0 Å². The Balaban J connectivity index is 1.73. The summed E-state index contributed by atoms with van der Waals surface area (Å²) in [7, 11) is 0. The van der Waals surface area contributed by atoms with E-state index in [-0.39, 0.29) is 6.04 Å². The minimum atomic E-state index is -0.537. The fourth-order valence-corrected chi connectivity index (χ4v) is 3.33. The maximum absolute atomic E-state index is 13.3.